The normalized spacial score (nSPS) is 13.8. The van der Waals surface area contributed by atoms with Gasteiger partial charge in [0.05, 0.1) is 47.8 Å². The molecule has 0 saturated carbocycles. The SMILES string of the molecule is COc1cc([C@H](O)[C@H](CO)Oc2c(OC)cc(CC(O)CO)cc2OC)cc(OC)c1O. The number of hydrogen-bond acceptors (Lipinski definition) is 10. The summed E-state index contributed by atoms with van der Waals surface area (Å²) in [5.41, 5.74) is 0.901. The van der Waals surface area contributed by atoms with E-state index in [0.717, 1.165) is 0 Å². The molecular weight excluding hydrogens is 424 g/mol. The second-order valence-corrected chi connectivity index (χ2v) is 6.93. The Morgan fingerprint density at radius 1 is 0.750 bits per heavy atom. The number of methoxy groups -OCH3 is 4. The molecule has 32 heavy (non-hydrogen) atoms. The maximum absolute atomic E-state index is 10.9. The molecule has 0 aliphatic heterocycles. The minimum atomic E-state index is -1.34. The van der Waals surface area contributed by atoms with E-state index in [9.17, 15) is 20.4 Å². The van der Waals surface area contributed by atoms with Gasteiger partial charge in [-0.25, -0.2) is 0 Å². The number of aliphatic hydroxyl groups excluding tert-OH is 4. The van der Waals surface area contributed by atoms with Crippen LogP contribution in [0.4, 0.5) is 0 Å². The van der Waals surface area contributed by atoms with Crippen LogP contribution in [0.15, 0.2) is 24.3 Å². The molecule has 10 heteroatoms. The average Bonchev–Trinajstić information content (AvgIpc) is 2.82. The van der Waals surface area contributed by atoms with Crippen molar-refractivity contribution < 1.29 is 49.2 Å². The zero-order chi connectivity index (χ0) is 23.8. The fraction of sp³-hybridized carbons (Fsp3) is 0.455. The second-order valence-electron chi connectivity index (χ2n) is 6.93. The van der Waals surface area contributed by atoms with Gasteiger partial charge in [0.25, 0.3) is 0 Å². The van der Waals surface area contributed by atoms with Crippen molar-refractivity contribution in [2.75, 3.05) is 41.7 Å². The summed E-state index contributed by atoms with van der Waals surface area (Å²) >= 11 is 0. The van der Waals surface area contributed by atoms with Crippen molar-refractivity contribution in [3.05, 3.63) is 35.4 Å². The molecule has 0 radical (unpaired) electrons. The summed E-state index contributed by atoms with van der Waals surface area (Å²) < 4.78 is 26.9. The Morgan fingerprint density at radius 3 is 1.66 bits per heavy atom. The summed E-state index contributed by atoms with van der Waals surface area (Å²) in [6, 6.07) is 6.01. The summed E-state index contributed by atoms with van der Waals surface area (Å²) in [6.07, 6.45) is -3.29. The molecule has 0 saturated heterocycles. The van der Waals surface area contributed by atoms with Crippen LogP contribution in [0.5, 0.6) is 34.5 Å². The maximum atomic E-state index is 10.9. The smallest absolute Gasteiger partial charge is 0.204 e. The molecule has 3 atom stereocenters. The summed E-state index contributed by atoms with van der Waals surface area (Å²) in [4.78, 5) is 0. The van der Waals surface area contributed by atoms with E-state index in [-0.39, 0.29) is 46.5 Å². The molecule has 2 aromatic carbocycles. The van der Waals surface area contributed by atoms with Crippen LogP contribution in [0.25, 0.3) is 0 Å². The minimum absolute atomic E-state index is 0.0806. The molecule has 10 nitrogen and oxygen atoms in total. The minimum Gasteiger partial charge on any atom is -0.502 e. The van der Waals surface area contributed by atoms with Crippen LogP contribution in [0, 0.1) is 0 Å². The van der Waals surface area contributed by atoms with Gasteiger partial charge in [-0.3, -0.25) is 0 Å². The van der Waals surface area contributed by atoms with E-state index in [0.29, 0.717) is 5.56 Å². The van der Waals surface area contributed by atoms with Gasteiger partial charge in [0, 0.05) is 6.42 Å². The first-order chi connectivity index (χ1) is 15.3. The zero-order valence-electron chi connectivity index (χ0n) is 18.4. The summed E-state index contributed by atoms with van der Waals surface area (Å²) in [5.74, 6) is 0.561. The fourth-order valence-electron chi connectivity index (χ4n) is 3.16. The van der Waals surface area contributed by atoms with Crippen LogP contribution in [0.2, 0.25) is 0 Å². The molecule has 0 amide bonds. The molecule has 0 bridgehead atoms. The molecule has 0 heterocycles. The highest BCUT2D eigenvalue weighted by atomic mass is 16.6. The van der Waals surface area contributed by atoms with Gasteiger partial charge in [-0.05, 0) is 35.4 Å². The van der Waals surface area contributed by atoms with E-state index in [1.807, 2.05) is 0 Å². The third kappa shape index (κ3) is 5.65. The Labute approximate surface area is 186 Å². The fourth-order valence-corrected chi connectivity index (χ4v) is 3.16. The summed E-state index contributed by atoms with van der Waals surface area (Å²) in [6.45, 7) is -0.967. The molecule has 0 aromatic heterocycles. The largest absolute Gasteiger partial charge is 0.502 e. The third-order valence-corrected chi connectivity index (χ3v) is 4.85. The van der Waals surface area contributed by atoms with E-state index >= 15 is 0 Å². The van der Waals surface area contributed by atoms with Crippen molar-refractivity contribution in [3.63, 3.8) is 0 Å². The Morgan fingerprint density at radius 2 is 1.25 bits per heavy atom. The molecule has 2 rings (SSSR count). The number of aliphatic hydroxyl groups is 4. The van der Waals surface area contributed by atoms with Crippen molar-refractivity contribution >= 4 is 0 Å². The lowest BCUT2D eigenvalue weighted by Gasteiger charge is -2.26. The zero-order valence-corrected chi connectivity index (χ0v) is 18.4. The lowest BCUT2D eigenvalue weighted by atomic mass is 10.0. The van der Waals surface area contributed by atoms with Crippen molar-refractivity contribution in [1.82, 2.24) is 0 Å². The van der Waals surface area contributed by atoms with Crippen LogP contribution < -0.4 is 23.7 Å². The van der Waals surface area contributed by atoms with E-state index in [4.69, 9.17) is 28.8 Å². The number of rotatable bonds is 12. The number of phenolic OH excluding ortho intramolecular Hbond substituents is 1. The van der Waals surface area contributed by atoms with Gasteiger partial charge in [0.15, 0.2) is 29.1 Å². The van der Waals surface area contributed by atoms with Gasteiger partial charge in [-0.1, -0.05) is 0 Å². The lowest BCUT2D eigenvalue weighted by molar-refractivity contribution is -0.00186. The Bertz CT molecular complexity index is 835. The van der Waals surface area contributed by atoms with Gasteiger partial charge < -0.3 is 49.2 Å². The number of ether oxygens (including phenoxy) is 5. The highest BCUT2D eigenvalue weighted by molar-refractivity contribution is 5.55. The van der Waals surface area contributed by atoms with Gasteiger partial charge in [0.1, 0.15) is 6.10 Å². The molecule has 2 aromatic rings. The van der Waals surface area contributed by atoms with Gasteiger partial charge >= 0.3 is 0 Å². The first-order valence-electron chi connectivity index (χ1n) is 9.77. The Hall–Kier alpha value is -2.92. The second kappa shape index (κ2) is 11.6. The molecule has 1 unspecified atom stereocenters. The van der Waals surface area contributed by atoms with Crippen LogP contribution in [-0.2, 0) is 6.42 Å². The van der Waals surface area contributed by atoms with Crippen molar-refractivity contribution in [2.45, 2.75) is 24.7 Å². The average molecular weight is 454 g/mol. The quantitative estimate of drug-likeness (QED) is 0.312. The Balaban J connectivity index is 2.41. The summed E-state index contributed by atoms with van der Waals surface area (Å²) in [5, 5.41) is 49.7. The lowest BCUT2D eigenvalue weighted by Crippen LogP contribution is -2.29. The molecule has 0 fully saturated rings. The molecule has 5 N–H and O–H groups in total. The van der Waals surface area contributed by atoms with Crippen LogP contribution in [0.3, 0.4) is 0 Å². The standard InChI is InChI=1S/C22H30O10/c1-28-15-8-13(9-16(29-2)21(15)27)20(26)19(11-24)32-22-17(30-3)6-12(5-14(25)10-23)7-18(22)31-4/h6-9,14,19-20,23-27H,5,10-11H2,1-4H3/t14?,19-,20-/m0/s1. The molecule has 0 aliphatic carbocycles. The monoisotopic (exact) mass is 454 g/mol. The van der Waals surface area contributed by atoms with E-state index < -0.39 is 31.5 Å². The third-order valence-electron chi connectivity index (χ3n) is 4.85. The number of aromatic hydroxyl groups is 1. The van der Waals surface area contributed by atoms with Crippen molar-refractivity contribution in [3.8, 4) is 34.5 Å². The Kier molecular flexibility index (Phi) is 9.21. The van der Waals surface area contributed by atoms with E-state index in [2.05, 4.69) is 0 Å². The van der Waals surface area contributed by atoms with E-state index in [1.165, 1.54) is 40.6 Å². The van der Waals surface area contributed by atoms with Crippen LogP contribution in [0.1, 0.15) is 17.2 Å². The predicted octanol–water partition coefficient (Wildman–Crippen LogP) is 0.796. The van der Waals surface area contributed by atoms with E-state index in [1.54, 1.807) is 12.1 Å². The molecule has 178 valence electrons. The first kappa shape index (κ1) is 25.3. The number of hydrogen-bond donors (Lipinski definition) is 5. The van der Waals surface area contributed by atoms with Crippen molar-refractivity contribution in [2.24, 2.45) is 0 Å². The van der Waals surface area contributed by atoms with Gasteiger partial charge in [-0.15, -0.1) is 0 Å². The first-order valence-corrected chi connectivity index (χ1v) is 9.77. The molecular formula is C22H30O10. The molecule has 0 aliphatic rings. The molecule has 0 spiro atoms. The number of benzene rings is 2. The maximum Gasteiger partial charge on any atom is 0.204 e. The van der Waals surface area contributed by atoms with Crippen LogP contribution in [-0.4, -0.2) is 79.4 Å². The van der Waals surface area contributed by atoms with Crippen molar-refractivity contribution in [1.29, 1.82) is 0 Å². The van der Waals surface area contributed by atoms with Gasteiger partial charge in [-0.2, -0.15) is 0 Å². The van der Waals surface area contributed by atoms with Crippen LogP contribution >= 0.6 is 0 Å². The highest BCUT2D eigenvalue weighted by Gasteiger charge is 2.28. The van der Waals surface area contributed by atoms with Gasteiger partial charge in [0.2, 0.25) is 11.5 Å². The number of phenols is 1. The predicted molar refractivity (Wildman–Crippen MR) is 114 cm³/mol. The topological polar surface area (TPSA) is 147 Å². The summed E-state index contributed by atoms with van der Waals surface area (Å²) in [7, 11) is 5.54. The highest BCUT2D eigenvalue weighted by Crippen LogP contribution is 2.42.